The van der Waals surface area contributed by atoms with E-state index in [0.717, 1.165) is 0 Å². The first-order valence-corrected chi connectivity index (χ1v) is 8.34. The lowest BCUT2D eigenvalue weighted by Crippen LogP contribution is -2.40. The number of carbonyl (C=O) groups excluding carboxylic acids is 1. The Bertz CT molecular complexity index is 1070. The molecular formula is C17H19N7O2. The number of carbonyl (C=O) groups is 1. The standard InChI is InChI=1S/C17H19N7O2/c1-10-13(24-7-4-6-18-16(24)19-10)15(26)23-8-5-11-12(9-23)20-17(22(2)3)21-14(11)25/h4,6-7H,5,8-9H2,1-3H3,(H,20,21,25). The molecule has 0 aliphatic carbocycles. The first-order chi connectivity index (χ1) is 12.5. The number of aromatic amines is 1. The fourth-order valence-electron chi connectivity index (χ4n) is 3.22. The Morgan fingerprint density at radius 1 is 1.31 bits per heavy atom. The molecule has 0 spiro atoms. The van der Waals surface area contributed by atoms with Crippen molar-refractivity contribution in [3.05, 3.63) is 51.5 Å². The third kappa shape index (κ3) is 2.52. The summed E-state index contributed by atoms with van der Waals surface area (Å²) in [5.74, 6) is 0.843. The smallest absolute Gasteiger partial charge is 0.273 e. The van der Waals surface area contributed by atoms with E-state index in [1.54, 1.807) is 39.6 Å². The third-order valence-electron chi connectivity index (χ3n) is 4.55. The number of nitrogens with one attached hydrogen (secondary N) is 1. The summed E-state index contributed by atoms with van der Waals surface area (Å²) in [6.45, 7) is 2.56. The Morgan fingerprint density at radius 3 is 2.88 bits per heavy atom. The van der Waals surface area contributed by atoms with E-state index in [-0.39, 0.29) is 11.5 Å². The van der Waals surface area contributed by atoms with E-state index in [1.807, 2.05) is 14.1 Å². The molecule has 1 N–H and O–H groups in total. The number of rotatable bonds is 2. The lowest BCUT2D eigenvalue weighted by atomic mass is 10.1. The minimum absolute atomic E-state index is 0.137. The highest BCUT2D eigenvalue weighted by Gasteiger charge is 2.28. The average Bonchev–Trinajstić information content (AvgIpc) is 2.96. The molecule has 1 amide bonds. The zero-order valence-electron chi connectivity index (χ0n) is 14.9. The second-order valence-electron chi connectivity index (χ2n) is 6.52. The number of hydrogen-bond acceptors (Lipinski definition) is 6. The van der Waals surface area contributed by atoms with Crippen molar-refractivity contribution in [1.29, 1.82) is 0 Å². The topological polar surface area (TPSA) is 99.5 Å². The molecule has 0 radical (unpaired) electrons. The Hall–Kier alpha value is -3.23. The molecule has 0 saturated carbocycles. The van der Waals surface area contributed by atoms with Crippen LogP contribution >= 0.6 is 0 Å². The van der Waals surface area contributed by atoms with E-state index in [0.29, 0.717) is 53.9 Å². The highest BCUT2D eigenvalue weighted by atomic mass is 16.2. The van der Waals surface area contributed by atoms with Crippen LogP contribution in [0, 0.1) is 6.92 Å². The normalized spacial score (nSPS) is 13.7. The van der Waals surface area contributed by atoms with Crippen LogP contribution in [0.1, 0.15) is 27.4 Å². The van der Waals surface area contributed by atoms with Crippen molar-refractivity contribution in [2.75, 3.05) is 25.5 Å². The monoisotopic (exact) mass is 353 g/mol. The lowest BCUT2D eigenvalue weighted by Gasteiger charge is -2.28. The van der Waals surface area contributed by atoms with Crippen molar-refractivity contribution in [2.24, 2.45) is 0 Å². The van der Waals surface area contributed by atoms with Crippen LogP contribution in [0.15, 0.2) is 23.3 Å². The predicted molar refractivity (Wildman–Crippen MR) is 95.4 cm³/mol. The fourth-order valence-corrected chi connectivity index (χ4v) is 3.22. The first kappa shape index (κ1) is 16.2. The zero-order chi connectivity index (χ0) is 18.4. The zero-order valence-corrected chi connectivity index (χ0v) is 14.9. The van der Waals surface area contributed by atoms with Crippen LogP contribution in [-0.4, -0.2) is 55.8 Å². The molecule has 0 fully saturated rings. The highest BCUT2D eigenvalue weighted by molar-refractivity contribution is 5.94. The second kappa shape index (κ2) is 5.94. The predicted octanol–water partition coefficient (Wildman–Crippen LogP) is 0.386. The van der Waals surface area contributed by atoms with Gasteiger partial charge < -0.3 is 9.80 Å². The first-order valence-electron chi connectivity index (χ1n) is 8.34. The number of imidazole rings is 1. The number of nitrogens with zero attached hydrogens (tertiary/aromatic N) is 6. The van der Waals surface area contributed by atoms with E-state index in [2.05, 4.69) is 19.9 Å². The minimum atomic E-state index is -0.138. The Labute approximate surface area is 149 Å². The molecule has 9 heteroatoms. The van der Waals surface area contributed by atoms with E-state index < -0.39 is 0 Å². The molecule has 0 bridgehead atoms. The molecule has 0 unspecified atom stereocenters. The van der Waals surface area contributed by atoms with Crippen LogP contribution in [0.5, 0.6) is 0 Å². The molecule has 9 nitrogen and oxygen atoms in total. The van der Waals surface area contributed by atoms with Gasteiger partial charge >= 0.3 is 0 Å². The van der Waals surface area contributed by atoms with Crippen molar-refractivity contribution < 1.29 is 4.79 Å². The van der Waals surface area contributed by atoms with E-state index in [9.17, 15) is 9.59 Å². The van der Waals surface area contributed by atoms with Crippen LogP contribution in [0.25, 0.3) is 5.78 Å². The maximum atomic E-state index is 13.1. The molecule has 26 heavy (non-hydrogen) atoms. The summed E-state index contributed by atoms with van der Waals surface area (Å²) in [5.41, 5.74) is 2.28. The molecule has 0 saturated heterocycles. The summed E-state index contributed by atoms with van der Waals surface area (Å²) in [6, 6.07) is 1.76. The van der Waals surface area contributed by atoms with Crippen molar-refractivity contribution in [3.8, 4) is 0 Å². The highest BCUT2D eigenvalue weighted by Crippen LogP contribution is 2.20. The number of aromatic nitrogens is 5. The molecule has 134 valence electrons. The van der Waals surface area contributed by atoms with Gasteiger partial charge in [-0.2, -0.15) is 0 Å². The van der Waals surface area contributed by atoms with Gasteiger partial charge in [-0.05, 0) is 19.4 Å². The van der Waals surface area contributed by atoms with Crippen LogP contribution in [0.3, 0.4) is 0 Å². The molecule has 4 heterocycles. The van der Waals surface area contributed by atoms with Crippen molar-refractivity contribution in [3.63, 3.8) is 0 Å². The number of H-pyrrole nitrogens is 1. The second-order valence-corrected chi connectivity index (χ2v) is 6.52. The summed E-state index contributed by atoms with van der Waals surface area (Å²) >= 11 is 0. The molecule has 4 rings (SSSR count). The van der Waals surface area contributed by atoms with Gasteiger partial charge in [-0.15, -0.1) is 0 Å². The van der Waals surface area contributed by atoms with Crippen LogP contribution in [0.4, 0.5) is 5.95 Å². The van der Waals surface area contributed by atoms with E-state index >= 15 is 0 Å². The SMILES string of the molecule is Cc1nc2ncccn2c1C(=O)N1CCc2c(nc(N(C)C)[nH]c2=O)C1. The van der Waals surface area contributed by atoms with Gasteiger partial charge in [-0.3, -0.25) is 19.0 Å². The maximum Gasteiger partial charge on any atom is 0.273 e. The van der Waals surface area contributed by atoms with Gasteiger partial charge in [0, 0.05) is 38.6 Å². The number of fused-ring (bicyclic) bond motifs is 2. The molecule has 0 aromatic carbocycles. The Balaban J connectivity index is 1.71. The molecule has 0 atom stereocenters. The van der Waals surface area contributed by atoms with Gasteiger partial charge in [-0.25, -0.2) is 15.0 Å². The quantitative estimate of drug-likeness (QED) is 0.715. The maximum absolute atomic E-state index is 13.1. The molecule has 1 aliphatic heterocycles. The summed E-state index contributed by atoms with van der Waals surface area (Å²) in [5, 5.41) is 0. The summed E-state index contributed by atoms with van der Waals surface area (Å²) in [4.78, 5) is 44.7. The summed E-state index contributed by atoms with van der Waals surface area (Å²) in [6.07, 6.45) is 3.90. The molecular weight excluding hydrogens is 334 g/mol. The Kier molecular flexibility index (Phi) is 3.71. The minimum Gasteiger partial charge on any atom is -0.348 e. The summed E-state index contributed by atoms with van der Waals surface area (Å²) < 4.78 is 1.70. The number of anilines is 1. The van der Waals surface area contributed by atoms with Gasteiger partial charge in [0.15, 0.2) is 0 Å². The van der Waals surface area contributed by atoms with Gasteiger partial charge in [0.2, 0.25) is 11.7 Å². The van der Waals surface area contributed by atoms with Gasteiger partial charge in [0.05, 0.1) is 17.9 Å². The number of aryl methyl sites for hydroxylation is 1. The Morgan fingerprint density at radius 2 is 2.12 bits per heavy atom. The van der Waals surface area contributed by atoms with Crippen molar-refractivity contribution in [1.82, 2.24) is 29.2 Å². The average molecular weight is 353 g/mol. The van der Waals surface area contributed by atoms with Crippen LogP contribution in [0.2, 0.25) is 0 Å². The fraction of sp³-hybridized carbons (Fsp3) is 0.353. The van der Waals surface area contributed by atoms with Gasteiger partial charge in [-0.1, -0.05) is 0 Å². The van der Waals surface area contributed by atoms with E-state index in [1.165, 1.54) is 0 Å². The van der Waals surface area contributed by atoms with Crippen molar-refractivity contribution >= 4 is 17.6 Å². The molecule has 1 aliphatic rings. The molecule has 3 aromatic heterocycles. The van der Waals surface area contributed by atoms with E-state index in [4.69, 9.17) is 0 Å². The summed E-state index contributed by atoms with van der Waals surface area (Å²) in [7, 11) is 3.62. The van der Waals surface area contributed by atoms with Crippen LogP contribution < -0.4 is 10.5 Å². The van der Waals surface area contributed by atoms with Gasteiger partial charge in [0.25, 0.3) is 11.5 Å². The largest absolute Gasteiger partial charge is 0.348 e. The number of amides is 1. The van der Waals surface area contributed by atoms with Crippen molar-refractivity contribution in [2.45, 2.75) is 19.9 Å². The number of hydrogen-bond donors (Lipinski definition) is 1. The van der Waals surface area contributed by atoms with Gasteiger partial charge in [0.1, 0.15) is 5.69 Å². The molecule has 3 aromatic rings. The lowest BCUT2D eigenvalue weighted by molar-refractivity contribution is 0.0723. The third-order valence-corrected chi connectivity index (χ3v) is 4.55. The van der Waals surface area contributed by atoms with Crippen LogP contribution in [-0.2, 0) is 13.0 Å².